The van der Waals surface area contributed by atoms with Crippen LogP contribution in [0, 0.1) is 0 Å². The van der Waals surface area contributed by atoms with E-state index >= 15 is 0 Å². The number of carboxylic acid groups (broad SMARTS) is 1. The Morgan fingerprint density at radius 2 is 1.74 bits per heavy atom. The van der Waals surface area contributed by atoms with Gasteiger partial charge in [-0.25, -0.2) is 9.89 Å². The van der Waals surface area contributed by atoms with Gasteiger partial charge in [0.05, 0.1) is 17.5 Å². The van der Waals surface area contributed by atoms with E-state index in [1.54, 1.807) is 36.4 Å². The monoisotopic (exact) mass is 367 g/mol. The molecule has 0 aliphatic heterocycles. The van der Waals surface area contributed by atoms with Crippen molar-refractivity contribution in [3.63, 3.8) is 0 Å². The van der Waals surface area contributed by atoms with Gasteiger partial charge in [0.1, 0.15) is 11.8 Å². The first-order chi connectivity index (χ1) is 12.9. The number of phenolic OH excluding ortho intramolecular Hbond substituents is 1. The summed E-state index contributed by atoms with van der Waals surface area (Å²) in [5.74, 6) is -1.62. The molecular weight excluding hydrogens is 350 g/mol. The maximum atomic E-state index is 12.4. The molecule has 4 N–H and O–H groups in total. The highest BCUT2D eigenvalue weighted by molar-refractivity contribution is 5.90. The molecule has 1 heterocycles. The van der Waals surface area contributed by atoms with Crippen molar-refractivity contribution in [3.8, 4) is 5.75 Å². The Hall–Kier alpha value is -3.68. The number of hydrogen-bond acceptors (Lipinski definition) is 5. The number of carboxylic acids is 1. The zero-order valence-corrected chi connectivity index (χ0v) is 14.2. The number of aliphatic carboxylic acids is 1. The highest BCUT2D eigenvalue weighted by Crippen LogP contribution is 2.14. The van der Waals surface area contributed by atoms with Gasteiger partial charge >= 0.3 is 5.97 Å². The zero-order chi connectivity index (χ0) is 19.4. The van der Waals surface area contributed by atoms with E-state index in [0.29, 0.717) is 22.0 Å². The van der Waals surface area contributed by atoms with Crippen LogP contribution in [-0.4, -0.2) is 38.3 Å². The number of amides is 1. The minimum Gasteiger partial charge on any atom is -0.508 e. The molecule has 8 heteroatoms. The van der Waals surface area contributed by atoms with E-state index in [2.05, 4.69) is 15.5 Å². The van der Waals surface area contributed by atoms with E-state index in [4.69, 9.17) is 0 Å². The van der Waals surface area contributed by atoms with Crippen molar-refractivity contribution in [1.29, 1.82) is 0 Å². The molecule has 0 radical (unpaired) electrons. The normalized spacial score (nSPS) is 11.9. The van der Waals surface area contributed by atoms with E-state index in [9.17, 15) is 24.6 Å². The number of carbonyl (C=O) groups is 2. The van der Waals surface area contributed by atoms with E-state index in [1.807, 2.05) is 0 Å². The number of benzene rings is 2. The summed E-state index contributed by atoms with van der Waals surface area (Å²) >= 11 is 0. The number of H-pyrrole nitrogens is 1. The van der Waals surface area contributed by atoms with Gasteiger partial charge in [-0.05, 0) is 23.8 Å². The standard InChI is InChI=1S/C19H17N3O5/c23-12-7-5-11(6-8-12)9-16(19(26)27)20-17(24)10-15-13-3-1-2-4-14(13)18(25)22-21-15/h1-8,16,23H,9-10H2,(H,20,24)(H,22,25)(H,26,27)/t16-/m0/s1. The number of fused-ring (bicyclic) bond motifs is 1. The van der Waals surface area contributed by atoms with E-state index in [-0.39, 0.29) is 24.2 Å². The van der Waals surface area contributed by atoms with E-state index in [0.717, 1.165) is 0 Å². The molecule has 1 aromatic heterocycles. The molecule has 0 bridgehead atoms. The van der Waals surface area contributed by atoms with Crippen LogP contribution in [0.15, 0.2) is 53.3 Å². The first-order valence-electron chi connectivity index (χ1n) is 8.20. The fourth-order valence-electron chi connectivity index (χ4n) is 2.77. The van der Waals surface area contributed by atoms with E-state index in [1.165, 1.54) is 12.1 Å². The number of nitrogens with one attached hydrogen (secondary N) is 2. The van der Waals surface area contributed by atoms with Crippen molar-refractivity contribution in [2.45, 2.75) is 18.9 Å². The fourth-order valence-corrected chi connectivity index (χ4v) is 2.77. The number of carbonyl (C=O) groups excluding carboxylic acids is 1. The Morgan fingerprint density at radius 1 is 1.07 bits per heavy atom. The van der Waals surface area contributed by atoms with Crippen LogP contribution < -0.4 is 10.9 Å². The Morgan fingerprint density at radius 3 is 2.41 bits per heavy atom. The van der Waals surface area contributed by atoms with Gasteiger partial charge in [0.25, 0.3) is 5.56 Å². The first kappa shape index (κ1) is 18.1. The van der Waals surface area contributed by atoms with Crippen LogP contribution in [0.3, 0.4) is 0 Å². The third-order valence-electron chi connectivity index (χ3n) is 4.11. The smallest absolute Gasteiger partial charge is 0.326 e. The van der Waals surface area contributed by atoms with Gasteiger partial charge in [-0.1, -0.05) is 30.3 Å². The lowest BCUT2D eigenvalue weighted by molar-refractivity contribution is -0.141. The lowest BCUT2D eigenvalue weighted by atomic mass is 10.0. The Labute approximate surface area is 153 Å². The van der Waals surface area contributed by atoms with Gasteiger partial charge in [-0.15, -0.1) is 0 Å². The van der Waals surface area contributed by atoms with Gasteiger partial charge in [0, 0.05) is 11.8 Å². The molecule has 2 aromatic carbocycles. The molecule has 0 saturated carbocycles. The molecule has 0 saturated heterocycles. The van der Waals surface area contributed by atoms with E-state index < -0.39 is 17.9 Å². The molecule has 27 heavy (non-hydrogen) atoms. The number of aromatic amines is 1. The lowest BCUT2D eigenvalue weighted by Crippen LogP contribution is -2.43. The third kappa shape index (κ3) is 4.30. The molecule has 0 unspecified atom stereocenters. The van der Waals surface area contributed by atoms with Crippen molar-refractivity contribution in [2.75, 3.05) is 0 Å². The highest BCUT2D eigenvalue weighted by atomic mass is 16.4. The Kier molecular flexibility index (Phi) is 5.16. The van der Waals surface area contributed by atoms with Gasteiger partial charge in [0.2, 0.25) is 5.91 Å². The predicted molar refractivity (Wildman–Crippen MR) is 97.4 cm³/mol. The summed E-state index contributed by atoms with van der Waals surface area (Å²) < 4.78 is 0. The second-order valence-electron chi connectivity index (χ2n) is 6.05. The SMILES string of the molecule is O=C(Cc1n[nH]c(=O)c2ccccc12)N[C@@H](Cc1ccc(O)cc1)C(=O)O. The molecule has 0 aliphatic carbocycles. The van der Waals surface area contributed by atoms with Gasteiger partial charge < -0.3 is 15.5 Å². The van der Waals surface area contributed by atoms with Crippen LogP contribution in [0.5, 0.6) is 5.75 Å². The number of hydrogen-bond donors (Lipinski definition) is 4. The predicted octanol–water partition coefficient (Wildman–Crippen LogP) is 0.983. The summed E-state index contributed by atoms with van der Waals surface area (Å²) in [6.07, 6.45) is -0.0994. The minimum atomic E-state index is -1.17. The largest absolute Gasteiger partial charge is 0.508 e. The van der Waals surface area contributed by atoms with Crippen molar-refractivity contribution >= 4 is 22.6 Å². The summed E-state index contributed by atoms with van der Waals surface area (Å²) in [5, 5.41) is 28.4. The summed E-state index contributed by atoms with van der Waals surface area (Å²) in [6, 6.07) is 11.7. The lowest BCUT2D eigenvalue weighted by Gasteiger charge is -2.15. The molecule has 0 spiro atoms. The average molecular weight is 367 g/mol. The zero-order valence-electron chi connectivity index (χ0n) is 14.2. The van der Waals surface area contributed by atoms with Crippen LogP contribution >= 0.6 is 0 Å². The molecule has 1 atom stereocenters. The summed E-state index contributed by atoms with van der Waals surface area (Å²) in [6.45, 7) is 0. The maximum Gasteiger partial charge on any atom is 0.326 e. The van der Waals surface area contributed by atoms with Crippen LogP contribution in [0.1, 0.15) is 11.3 Å². The minimum absolute atomic E-state index is 0.0706. The second-order valence-corrected chi connectivity index (χ2v) is 6.05. The number of rotatable bonds is 6. The number of aromatic nitrogens is 2. The van der Waals surface area contributed by atoms with Crippen molar-refractivity contribution in [2.24, 2.45) is 0 Å². The molecule has 1 amide bonds. The molecule has 8 nitrogen and oxygen atoms in total. The maximum absolute atomic E-state index is 12.4. The molecule has 3 aromatic rings. The Bertz CT molecular complexity index is 1040. The van der Waals surface area contributed by atoms with Crippen LogP contribution in [0.25, 0.3) is 10.8 Å². The molecule has 138 valence electrons. The van der Waals surface area contributed by atoms with Crippen molar-refractivity contribution in [1.82, 2.24) is 15.5 Å². The van der Waals surface area contributed by atoms with Crippen LogP contribution in [-0.2, 0) is 22.4 Å². The Balaban J connectivity index is 1.75. The fraction of sp³-hybridized carbons (Fsp3) is 0.158. The number of aromatic hydroxyl groups is 1. The number of nitrogens with zero attached hydrogens (tertiary/aromatic N) is 1. The topological polar surface area (TPSA) is 132 Å². The average Bonchev–Trinajstić information content (AvgIpc) is 2.65. The second kappa shape index (κ2) is 7.69. The molecule has 0 aliphatic rings. The first-order valence-corrected chi connectivity index (χ1v) is 8.20. The van der Waals surface area contributed by atoms with Gasteiger partial charge in [0.15, 0.2) is 0 Å². The summed E-state index contributed by atoms with van der Waals surface area (Å²) in [4.78, 5) is 35.6. The summed E-state index contributed by atoms with van der Waals surface area (Å²) in [7, 11) is 0. The summed E-state index contributed by atoms with van der Waals surface area (Å²) in [5.41, 5.74) is 0.662. The van der Waals surface area contributed by atoms with Gasteiger partial charge in [-0.3, -0.25) is 9.59 Å². The van der Waals surface area contributed by atoms with Gasteiger partial charge in [-0.2, -0.15) is 5.10 Å². The van der Waals surface area contributed by atoms with Crippen molar-refractivity contribution in [3.05, 3.63) is 70.1 Å². The third-order valence-corrected chi connectivity index (χ3v) is 4.11. The van der Waals surface area contributed by atoms with Crippen molar-refractivity contribution < 1.29 is 19.8 Å². The molecular formula is C19H17N3O5. The number of phenols is 1. The van der Waals surface area contributed by atoms with Crippen LogP contribution in [0.4, 0.5) is 0 Å². The molecule has 3 rings (SSSR count). The highest BCUT2D eigenvalue weighted by Gasteiger charge is 2.21. The molecule has 0 fully saturated rings. The quantitative estimate of drug-likeness (QED) is 0.513. The van der Waals surface area contributed by atoms with Crippen LogP contribution in [0.2, 0.25) is 0 Å².